The predicted octanol–water partition coefficient (Wildman–Crippen LogP) is 2.45. The summed E-state index contributed by atoms with van der Waals surface area (Å²) in [4.78, 5) is 10.6. The molecule has 2 rings (SSSR count). The zero-order valence-electron chi connectivity index (χ0n) is 9.06. The summed E-state index contributed by atoms with van der Waals surface area (Å²) in [7, 11) is 0. The Labute approximate surface area is 97.7 Å². The summed E-state index contributed by atoms with van der Waals surface area (Å²) in [5.41, 5.74) is 6.47. The highest BCUT2D eigenvalue weighted by atomic mass is 19.1. The van der Waals surface area contributed by atoms with Gasteiger partial charge in [0.05, 0.1) is 6.42 Å². The summed E-state index contributed by atoms with van der Waals surface area (Å²) >= 11 is 0. The predicted molar refractivity (Wildman–Crippen MR) is 63.1 cm³/mol. The van der Waals surface area contributed by atoms with Crippen LogP contribution in [0.5, 0.6) is 0 Å². The lowest BCUT2D eigenvalue weighted by molar-refractivity contribution is -0.137. The molecule has 1 unspecified atom stereocenters. The largest absolute Gasteiger partial charge is 0.481 e. The van der Waals surface area contributed by atoms with Crippen LogP contribution in [-0.2, 0) is 4.79 Å². The van der Waals surface area contributed by atoms with Crippen LogP contribution >= 0.6 is 0 Å². The van der Waals surface area contributed by atoms with Crippen LogP contribution in [0.1, 0.15) is 18.0 Å². The van der Waals surface area contributed by atoms with E-state index >= 15 is 0 Å². The van der Waals surface area contributed by atoms with Crippen molar-refractivity contribution in [2.75, 3.05) is 0 Å². The van der Waals surface area contributed by atoms with E-state index in [1.807, 2.05) is 0 Å². The molecule has 0 radical (unpaired) electrons. The third kappa shape index (κ3) is 2.26. The molecule has 0 bridgehead atoms. The van der Waals surface area contributed by atoms with E-state index in [1.165, 1.54) is 6.07 Å². The van der Waals surface area contributed by atoms with Gasteiger partial charge in [0, 0.05) is 11.4 Å². The molecule has 17 heavy (non-hydrogen) atoms. The average Bonchev–Trinajstić information content (AvgIpc) is 2.29. The molecule has 0 amide bonds. The number of rotatable bonds is 3. The van der Waals surface area contributed by atoms with Crippen LogP contribution in [0.3, 0.4) is 0 Å². The number of carboxylic acid groups (broad SMARTS) is 1. The Bertz CT molecular complexity index is 568. The first-order valence-corrected chi connectivity index (χ1v) is 5.24. The van der Waals surface area contributed by atoms with Crippen molar-refractivity contribution < 1.29 is 14.3 Å². The number of halogens is 1. The van der Waals surface area contributed by atoms with Crippen LogP contribution < -0.4 is 5.73 Å². The SMILES string of the molecule is NC(CC(=O)O)c1ccc(F)c2ccccc12. The van der Waals surface area contributed by atoms with Crippen LogP contribution in [-0.4, -0.2) is 11.1 Å². The monoisotopic (exact) mass is 233 g/mol. The highest BCUT2D eigenvalue weighted by Gasteiger charge is 2.14. The first-order chi connectivity index (χ1) is 8.09. The third-order valence-electron chi connectivity index (χ3n) is 2.70. The molecule has 1 atom stereocenters. The Morgan fingerprint density at radius 3 is 2.53 bits per heavy atom. The van der Waals surface area contributed by atoms with Crippen molar-refractivity contribution in [3.8, 4) is 0 Å². The number of aliphatic carboxylic acids is 1. The number of hydrogen-bond acceptors (Lipinski definition) is 2. The minimum absolute atomic E-state index is 0.171. The highest BCUT2D eigenvalue weighted by molar-refractivity contribution is 5.87. The summed E-state index contributed by atoms with van der Waals surface area (Å²) in [5, 5.41) is 9.85. The first-order valence-electron chi connectivity index (χ1n) is 5.24. The molecule has 3 N–H and O–H groups in total. The Hall–Kier alpha value is -1.94. The molecule has 0 fully saturated rings. The smallest absolute Gasteiger partial charge is 0.305 e. The molecule has 2 aromatic carbocycles. The van der Waals surface area contributed by atoms with Crippen molar-refractivity contribution >= 4 is 16.7 Å². The van der Waals surface area contributed by atoms with Gasteiger partial charge in [-0.05, 0) is 17.0 Å². The number of fused-ring (bicyclic) bond motifs is 1. The molecule has 4 heteroatoms. The van der Waals surface area contributed by atoms with Gasteiger partial charge in [0.25, 0.3) is 0 Å². The zero-order chi connectivity index (χ0) is 12.4. The van der Waals surface area contributed by atoms with Crippen molar-refractivity contribution in [2.45, 2.75) is 12.5 Å². The van der Waals surface area contributed by atoms with E-state index < -0.39 is 12.0 Å². The number of hydrogen-bond donors (Lipinski definition) is 2. The van der Waals surface area contributed by atoms with Gasteiger partial charge in [-0.2, -0.15) is 0 Å². The fourth-order valence-electron chi connectivity index (χ4n) is 1.91. The highest BCUT2D eigenvalue weighted by Crippen LogP contribution is 2.26. The van der Waals surface area contributed by atoms with E-state index in [-0.39, 0.29) is 12.2 Å². The Kier molecular flexibility index (Phi) is 3.06. The summed E-state index contributed by atoms with van der Waals surface area (Å²) in [6.07, 6.45) is -0.171. The van der Waals surface area contributed by atoms with Gasteiger partial charge in [-0.1, -0.05) is 30.3 Å². The van der Waals surface area contributed by atoms with Crippen molar-refractivity contribution in [1.82, 2.24) is 0 Å². The molecule has 0 saturated heterocycles. The number of carbonyl (C=O) groups is 1. The molecule has 0 aliphatic heterocycles. The summed E-state index contributed by atoms with van der Waals surface area (Å²) in [6, 6.07) is 9.15. The topological polar surface area (TPSA) is 63.3 Å². The molecule has 0 aromatic heterocycles. The van der Waals surface area contributed by atoms with E-state index in [0.29, 0.717) is 16.3 Å². The van der Waals surface area contributed by atoms with Gasteiger partial charge < -0.3 is 10.8 Å². The molecular formula is C13H12FNO2. The van der Waals surface area contributed by atoms with Crippen LogP contribution in [0.2, 0.25) is 0 Å². The zero-order valence-corrected chi connectivity index (χ0v) is 9.06. The summed E-state index contributed by atoms with van der Waals surface area (Å²) in [5.74, 6) is -1.29. The maximum absolute atomic E-state index is 13.5. The van der Waals surface area contributed by atoms with Crippen molar-refractivity contribution in [1.29, 1.82) is 0 Å². The maximum atomic E-state index is 13.5. The van der Waals surface area contributed by atoms with E-state index in [4.69, 9.17) is 10.8 Å². The molecule has 0 saturated carbocycles. The Balaban J connectivity index is 2.55. The second kappa shape index (κ2) is 4.51. The van der Waals surface area contributed by atoms with Crippen LogP contribution in [0, 0.1) is 5.82 Å². The van der Waals surface area contributed by atoms with E-state index in [0.717, 1.165) is 0 Å². The molecule has 3 nitrogen and oxygen atoms in total. The van der Waals surface area contributed by atoms with Crippen molar-refractivity contribution in [3.63, 3.8) is 0 Å². The van der Waals surface area contributed by atoms with Crippen LogP contribution in [0.4, 0.5) is 4.39 Å². The molecule has 88 valence electrons. The van der Waals surface area contributed by atoms with E-state index in [9.17, 15) is 9.18 Å². The minimum atomic E-state index is -0.967. The van der Waals surface area contributed by atoms with Gasteiger partial charge in [-0.3, -0.25) is 4.79 Å². The standard InChI is InChI=1S/C13H12FNO2/c14-11-6-5-10(12(15)7-13(16)17)8-3-1-2-4-9(8)11/h1-6,12H,7,15H2,(H,16,17). The molecule has 2 aromatic rings. The second-order valence-electron chi connectivity index (χ2n) is 3.89. The maximum Gasteiger partial charge on any atom is 0.305 e. The van der Waals surface area contributed by atoms with Gasteiger partial charge in [-0.25, -0.2) is 4.39 Å². The lowest BCUT2D eigenvalue weighted by Gasteiger charge is -2.13. The lowest BCUT2D eigenvalue weighted by atomic mass is 9.97. The van der Waals surface area contributed by atoms with Gasteiger partial charge in [0.1, 0.15) is 5.82 Å². The molecule has 0 heterocycles. The first kappa shape index (κ1) is 11.5. The quantitative estimate of drug-likeness (QED) is 0.855. The number of nitrogens with two attached hydrogens (primary N) is 1. The fourth-order valence-corrected chi connectivity index (χ4v) is 1.91. The molecule has 0 aliphatic carbocycles. The minimum Gasteiger partial charge on any atom is -0.481 e. The molecule has 0 aliphatic rings. The van der Waals surface area contributed by atoms with Gasteiger partial charge in [0.2, 0.25) is 0 Å². The van der Waals surface area contributed by atoms with Crippen molar-refractivity contribution in [3.05, 3.63) is 47.8 Å². The summed E-state index contributed by atoms with van der Waals surface area (Å²) in [6.45, 7) is 0. The average molecular weight is 233 g/mol. The van der Waals surface area contributed by atoms with Gasteiger partial charge in [-0.15, -0.1) is 0 Å². The van der Waals surface area contributed by atoms with E-state index in [1.54, 1.807) is 30.3 Å². The number of carboxylic acids is 1. The number of benzene rings is 2. The second-order valence-corrected chi connectivity index (χ2v) is 3.89. The Morgan fingerprint density at radius 2 is 1.88 bits per heavy atom. The van der Waals surface area contributed by atoms with Gasteiger partial charge >= 0.3 is 5.97 Å². The normalized spacial score (nSPS) is 12.6. The summed E-state index contributed by atoms with van der Waals surface area (Å²) < 4.78 is 13.5. The Morgan fingerprint density at radius 1 is 1.24 bits per heavy atom. The van der Waals surface area contributed by atoms with Crippen LogP contribution in [0.15, 0.2) is 36.4 Å². The molecular weight excluding hydrogens is 221 g/mol. The fraction of sp³-hybridized carbons (Fsp3) is 0.154. The van der Waals surface area contributed by atoms with E-state index in [2.05, 4.69) is 0 Å². The van der Waals surface area contributed by atoms with Crippen molar-refractivity contribution in [2.24, 2.45) is 5.73 Å². The molecule has 0 spiro atoms. The third-order valence-corrected chi connectivity index (χ3v) is 2.70. The lowest BCUT2D eigenvalue weighted by Crippen LogP contribution is -2.15. The van der Waals surface area contributed by atoms with Gasteiger partial charge in [0.15, 0.2) is 0 Å². The van der Waals surface area contributed by atoms with Crippen LogP contribution in [0.25, 0.3) is 10.8 Å².